The summed E-state index contributed by atoms with van der Waals surface area (Å²) < 4.78 is 5.58. The lowest BCUT2D eigenvalue weighted by atomic mass is 9.81. The molecule has 0 heterocycles. The molecule has 1 aliphatic rings. The van der Waals surface area contributed by atoms with Gasteiger partial charge in [-0.3, -0.25) is 4.79 Å². The topological polar surface area (TPSA) is 148 Å². The fourth-order valence-electron chi connectivity index (χ4n) is 3.19. The first-order chi connectivity index (χ1) is 13.3. The molecule has 0 amide bonds. The maximum atomic E-state index is 12.1. The van der Waals surface area contributed by atoms with E-state index in [9.17, 15) is 35.4 Å². The highest BCUT2D eigenvalue weighted by Gasteiger charge is 2.43. The first-order valence-electron chi connectivity index (χ1n) is 9.23. The third-order valence-corrected chi connectivity index (χ3v) is 4.98. The van der Waals surface area contributed by atoms with Crippen molar-refractivity contribution in [3.8, 4) is 5.75 Å². The second-order valence-electron chi connectivity index (χ2n) is 7.17. The number of ketones is 1. The Morgan fingerprint density at radius 2 is 1.79 bits per heavy atom. The summed E-state index contributed by atoms with van der Waals surface area (Å²) in [6.07, 6.45) is -1.63. The molecule has 0 saturated heterocycles. The zero-order valence-electron chi connectivity index (χ0n) is 15.5. The lowest BCUT2D eigenvalue weighted by Gasteiger charge is -2.40. The van der Waals surface area contributed by atoms with Crippen molar-refractivity contribution in [2.75, 3.05) is 19.8 Å². The molecule has 0 spiro atoms. The number of rotatable bonds is 9. The van der Waals surface area contributed by atoms with Crippen LogP contribution in [0.3, 0.4) is 0 Å². The molecule has 2 rings (SSSR count). The minimum atomic E-state index is -1.43. The van der Waals surface area contributed by atoms with Crippen LogP contribution in [0.25, 0.3) is 6.08 Å². The van der Waals surface area contributed by atoms with Gasteiger partial charge in [-0.05, 0) is 30.2 Å². The molecule has 1 aromatic rings. The van der Waals surface area contributed by atoms with Gasteiger partial charge in [0.2, 0.25) is 0 Å². The van der Waals surface area contributed by atoms with Gasteiger partial charge in [0.1, 0.15) is 18.0 Å². The standard InChI is InChI=1S/C20H28O8/c21-9-13(7-16(24)6-3-12-1-4-15(23)5-2-12)11-28-17-8-14(10-22)18(25)20(27)19(17)26/h1-6,13-14,17-23,25-27H,7-11H2/t13-,14?,17?,18?,19?,20?/m1/s1. The molecule has 0 aromatic heterocycles. The van der Waals surface area contributed by atoms with Crippen LogP contribution < -0.4 is 0 Å². The zero-order chi connectivity index (χ0) is 20.7. The minimum absolute atomic E-state index is 0.0159. The van der Waals surface area contributed by atoms with Crippen LogP contribution in [-0.4, -0.2) is 80.7 Å². The van der Waals surface area contributed by atoms with Gasteiger partial charge in [-0.15, -0.1) is 0 Å². The van der Waals surface area contributed by atoms with Gasteiger partial charge in [0.05, 0.1) is 18.8 Å². The van der Waals surface area contributed by atoms with Crippen molar-refractivity contribution in [3.05, 3.63) is 35.9 Å². The van der Waals surface area contributed by atoms with Crippen molar-refractivity contribution < 1.29 is 40.2 Å². The van der Waals surface area contributed by atoms with E-state index in [1.807, 2.05) is 0 Å². The molecule has 0 bridgehead atoms. The van der Waals surface area contributed by atoms with Crippen molar-refractivity contribution in [2.24, 2.45) is 11.8 Å². The van der Waals surface area contributed by atoms with E-state index >= 15 is 0 Å². The molecule has 5 unspecified atom stereocenters. The van der Waals surface area contributed by atoms with Crippen LogP contribution in [0.4, 0.5) is 0 Å². The third kappa shape index (κ3) is 6.10. The number of ether oxygens (including phenoxy) is 1. The summed E-state index contributed by atoms with van der Waals surface area (Å²) in [7, 11) is 0. The largest absolute Gasteiger partial charge is 0.508 e. The van der Waals surface area contributed by atoms with Crippen LogP contribution in [0.1, 0.15) is 18.4 Å². The molecule has 0 radical (unpaired) electrons. The molecule has 1 saturated carbocycles. The van der Waals surface area contributed by atoms with Crippen LogP contribution >= 0.6 is 0 Å². The zero-order valence-corrected chi connectivity index (χ0v) is 15.5. The maximum Gasteiger partial charge on any atom is 0.156 e. The molecule has 28 heavy (non-hydrogen) atoms. The molecule has 1 fully saturated rings. The Bertz CT molecular complexity index is 642. The Balaban J connectivity index is 1.86. The first kappa shape index (κ1) is 22.5. The molecule has 156 valence electrons. The summed E-state index contributed by atoms with van der Waals surface area (Å²) in [5.41, 5.74) is 0.746. The first-order valence-corrected chi connectivity index (χ1v) is 9.23. The Hall–Kier alpha value is -1.81. The van der Waals surface area contributed by atoms with E-state index < -0.39 is 36.3 Å². The Kier molecular flexibility index (Phi) is 8.56. The van der Waals surface area contributed by atoms with E-state index in [4.69, 9.17) is 4.74 Å². The summed E-state index contributed by atoms with van der Waals surface area (Å²) in [4.78, 5) is 12.1. The summed E-state index contributed by atoms with van der Waals surface area (Å²) in [5.74, 6) is -1.21. The normalized spacial score (nSPS) is 29.1. The smallest absolute Gasteiger partial charge is 0.156 e. The monoisotopic (exact) mass is 396 g/mol. The summed E-state index contributed by atoms with van der Waals surface area (Å²) in [5, 5.41) is 57.7. The molecule has 8 heteroatoms. The predicted octanol–water partition coefficient (Wildman–Crippen LogP) is -0.547. The second-order valence-corrected chi connectivity index (χ2v) is 7.17. The van der Waals surface area contributed by atoms with Crippen LogP contribution in [-0.2, 0) is 9.53 Å². The number of aromatic hydroxyl groups is 1. The Morgan fingerprint density at radius 1 is 1.11 bits per heavy atom. The highest BCUT2D eigenvalue weighted by Crippen LogP contribution is 2.28. The van der Waals surface area contributed by atoms with E-state index in [-0.39, 0.29) is 44.2 Å². The van der Waals surface area contributed by atoms with Gasteiger partial charge in [0.25, 0.3) is 0 Å². The molecule has 0 aliphatic heterocycles. The third-order valence-electron chi connectivity index (χ3n) is 4.98. The number of allylic oxidation sites excluding steroid dienone is 1. The van der Waals surface area contributed by atoms with Gasteiger partial charge in [0.15, 0.2) is 5.78 Å². The number of aliphatic hydroxyl groups is 5. The minimum Gasteiger partial charge on any atom is -0.508 e. The number of hydrogen-bond donors (Lipinski definition) is 6. The quantitative estimate of drug-likeness (QED) is 0.305. The van der Waals surface area contributed by atoms with Gasteiger partial charge in [-0.2, -0.15) is 0 Å². The number of phenols is 1. The highest BCUT2D eigenvalue weighted by atomic mass is 16.5. The van der Waals surface area contributed by atoms with Crippen LogP contribution in [0, 0.1) is 11.8 Å². The predicted molar refractivity (Wildman–Crippen MR) is 100 cm³/mol. The number of phenolic OH excluding ortho intramolecular Hbond substituents is 1. The Morgan fingerprint density at radius 3 is 2.39 bits per heavy atom. The van der Waals surface area contributed by atoms with Crippen molar-refractivity contribution in [3.63, 3.8) is 0 Å². The summed E-state index contributed by atoms with van der Waals surface area (Å²) in [6.45, 7) is -0.664. The number of carbonyl (C=O) groups excluding carboxylic acids is 1. The SMILES string of the molecule is O=C(C=Cc1ccc(O)cc1)C[C@H](CO)COC1CC(CO)C(O)C(O)C1O. The number of aliphatic hydroxyl groups excluding tert-OH is 5. The molecule has 1 aromatic carbocycles. The van der Waals surface area contributed by atoms with Crippen LogP contribution in [0.15, 0.2) is 30.3 Å². The number of benzene rings is 1. The average Bonchev–Trinajstić information content (AvgIpc) is 2.70. The van der Waals surface area contributed by atoms with E-state index in [0.29, 0.717) is 0 Å². The molecule has 1 aliphatic carbocycles. The van der Waals surface area contributed by atoms with Gasteiger partial charge >= 0.3 is 0 Å². The van der Waals surface area contributed by atoms with Crippen LogP contribution in [0.5, 0.6) is 5.75 Å². The van der Waals surface area contributed by atoms with Gasteiger partial charge in [-0.25, -0.2) is 0 Å². The summed E-state index contributed by atoms with van der Waals surface area (Å²) >= 11 is 0. The number of hydrogen-bond acceptors (Lipinski definition) is 8. The van der Waals surface area contributed by atoms with E-state index in [1.54, 1.807) is 18.2 Å². The lowest BCUT2D eigenvalue weighted by molar-refractivity contribution is -0.181. The van der Waals surface area contributed by atoms with Crippen molar-refractivity contribution >= 4 is 11.9 Å². The van der Waals surface area contributed by atoms with Gasteiger partial charge in [0, 0.05) is 31.5 Å². The molecule has 6 N–H and O–H groups in total. The van der Waals surface area contributed by atoms with Crippen LogP contribution in [0.2, 0.25) is 0 Å². The van der Waals surface area contributed by atoms with E-state index in [2.05, 4.69) is 0 Å². The molecular formula is C20H28O8. The fraction of sp³-hybridized carbons (Fsp3) is 0.550. The van der Waals surface area contributed by atoms with Crippen molar-refractivity contribution in [2.45, 2.75) is 37.3 Å². The maximum absolute atomic E-state index is 12.1. The lowest BCUT2D eigenvalue weighted by Crippen LogP contribution is -2.55. The van der Waals surface area contributed by atoms with Gasteiger partial charge < -0.3 is 35.4 Å². The average molecular weight is 396 g/mol. The molecule has 8 nitrogen and oxygen atoms in total. The molecular weight excluding hydrogens is 368 g/mol. The van der Waals surface area contributed by atoms with Gasteiger partial charge in [-0.1, -0.05) is 18.2 Å². The van der Waals surface area contributed by atoms with E-state index in [1.165, 1.54) is 18.2 Å². The van der Waals surface area contributed by atoms with Crippen molar-refractivity contribution in [1.29, 1.82) is 0 Å². The second kappa shape index (κ2) is 10.7. The summed E-state index contributed by atoms with van der Waals surface area (Å²) in [6, 6.07) is 6.34. The molecule has 6 atom stereocenters. The highest BCUT2D eigenvalue weighted by molar-refractivity contribution is 5.93. The van der Waals surface area contributed by atoms with Crippen molar-refractivity contribution in [1.82, 2.24) is 0 Å². The number of carbonyl (C=O) groups is 1. The van der Waals surface area contributed by atoms with E-state index in [0.717, 1.165) is 5.56 Å². The Labute approximate surface area is 163 Å². The fourth-order valence-corrected chi connectivity index (χ4v) is 3.19.